The predicted octanol–water partition coefficient (Wildman–Crippen LogP) is 4.12. The number of rotatable bonds is 6. The lowest BCUT2D eigenvalue weighted by molar-refractivity contribution is 0.455. The molecule has 3 heteroatoms. The van der Waals surface area contributed by atoms with Gasteiger partial charge in [-0.3, -0.25) is 0 Å². The fourth-order valence-electron chi connectivity index (χ4n) is 2.18. The smallest absolute Gasteiger partial charge is 0.109 e. The lowest BCUT2D eigenvalue weighted by atomic mass is 10.1. The molecule has 0 bridgehead atoms. The molecule has 0 fully saturated rings. The molecule has 0 aliphatic rings. The third-order valence-electron chi connectivity index (χ3n) is 3.25. The van der Waals surface area contributed by atoms with Crippen molar-refractivity contribution in [2.24, 2.45) is 0 Å². The van der Waals surface area contributed by atoms with Gasteiger partial charge in [0.05, 0.1) is 6.04 Å². The summed E-state index contributed by atoms with van der Waals surface area (Å²) in [5, 5.41) is 4.81. The van der Waals surface area contributed by atoms with Gasteiger partial charge in [-0.2, -0.15) is 0 Å². The first-order valence-electron chi connectivity index (χ1n) is 6.87. The van der Waals surface area contributed by atoms with Crippen molar-refractivity contribution in [3.63, 3.8) is 0 Å². The minimum atomic E-state index is 0.337. The number of aryl methyl sites for hydroxylation is 2. The molecule has 19 heavy (non-hydrogen) atoms. The molecular weight excluding hydrogens is 252 g/mol. The van der Waals surface area contributed by atoms with Crippen molar-refractivity contribution in [3.05, 3.63) is 52.0 Å². The van der Waals surface area contributed by atoms with Crippen LogP contribution >= 0.6 is 11.3 Å². The van der Waals surface area contributed by atoms with Crippen molar-refractivity contribution in [2.75, 3.05) is 0 Å². The molecular formula is C16H22N2S. The monoisotopic (exact) mass is 274 g/mol. The molecule has 1 aromatic heterocycles. The Kier molecular flexibility index (Phi) is 5.11. The van der Waals surface area contributed by atoms with Crippen LogP contribution in [-0.4, -0.2) is 11.0 Å². The Morgan fingerprint density at radius 2 is 1.95 bits per heavy atom. The molecule has 1 heterocycles. The summed E-state index contributed by atoms with van der Waals surface area (Å²) < 4.78 is 0. The van der Waals surface area contributed by atoms with Crippen LogP contribution in [0.3, 0.4) is 0 Å². The molecule has 1 aromatic carbocycles. The van der Waals surface area contributed by atoms with Gasteiger partial charge in [0, 0.05) is 17.1 Å². The molecule has 2 atom stereocenters. The van der Waals surface area contributed by atoms with E-state index in [4.69, 9.17) is 0 Å². The van der Waals surface area contributed by atoms with E-state index in [0.29, 0.717) is 12.1 Å². The molecule has 1 N–H and O–H groups in total. The third kappa shape index (κ3) is 4.44. The van der Waals surface area contributed by atoms with E-state index in [1.807, 2.05) is 6.20 Å². The molecule has 0 spiro atoms. The maximum Gasteiger partial charge on any atom is 0.109 e. The Morgan fingerprint density at radius 3 is 2.58 bits per heavy atom. The van der Waals surface area contributed by atoms with Gasteiger partial charge in [-0.05, 0) is 39.2 Å². The van der Waals surface area contributed by atoms with E-state index in [1.54, 1.807) is 11.3 Å². The molecule has 2 unspecified atom stereocenters. The van der Waals surface area contributed by atoms with E-state index < -0.39 is 0 Å². The molecule has 102 valence electrons. The van der Waals surface area contributed by atoms with Gasteiger partial charge >= 0.3 is 0 Å². The number of nitrogens with zero attached hydrogens (tertiary/aromatic N) is 1. The average Bonchev–Trinajstić information content (AvgIpc) is 2.84. The second kappa shape index (κ2) is 6.83. The summed E-state index contributed by atoms with van der Waals surface area (Å²) >= 11 is 1.78. The van der Waals surface area contributed by atoms with Crippen LogP contribution < -0.4 is 5.32 Å². The van der Waals surface area contributed by atoms with Crippen molar-refractivity contribution >= 4 is 11.3 Å². The summed E-state index contributed by atoms with van der Waals surface area (Å²) in [5.74, 6) is 0. The van der Waals surface area contributed by atoms with Gasteiger partial charge < -0.3 is 5.32 Å². The molecule has 0 aliphatic carbocycles. The Labute approximate surface area is 119 Å². The topological polar surface area (TPSA) is 24.9 Å². The van der Waals surface area contributed by atoms with E-state index in [1.165, 1.54) is 15.4 Å². The number of benzene rings is 1. The van der Waals surface area contributed by atoms with Crippen LogP contribution in [-0.2, 0) is 6.42 Å². The minimum absolute atomic E-state index is 0.337. The van der Waals surface area contributed by atoms with Crippen molar-refractivity contribution in [1.82, 2.24) is 10.3 Å². The molecule has 0 amide bonds. The predicted molar refractivity (Wildman–Crippen MR) is 82.6 cm³/mol. The summed E-state index contributed by atoms with van der Waals surface area (Å²) in [6, 6.07) is 11.5. The Balaban J connectivity index is 1.79. The highest BCUT2D eigenvalue weighted by atomic mass is 32.1. The molecule has 0 saturated heterocycles. The van der Waals surface area contributed by atoms with Gasteiger partial charge in [-0.1, -0.05) is 30.3 Å². The largest absolute Gasteiger partial charge is 0.306 e. The van der Waals surface area contributed by atoms with Gasteiger partial charge in [0.1, 0.15) is 5.01 Å². The van der Waals surface area contributed by atoms with Crippen molar-refractivity contribution in [3.8, 4) is 0 Å². The fourth-order valence-corrected chi connectivity index (χ4v) is 2.97. The summed E-state index contributed by atoms with van der Waals surface area (Å²) in [5.41, 5.74) is 1.41. The Morgan fingerprint density at radius 1 is 1.21 bits per heavy atom. The Hall–Kier alpha value is -1.19. The lowest BCUT2D eigenvalue weighted by Gasteiger charge is -2.18. The van der Waals surface area contributed by atoms with E-state index in [2.05, 4.69) is 61.4 Å². The van der Waals surface area contributed by atoms with Gasteiger partial charge in [0.2, 0.25) is 0 Å². The van der Waals surface area contributed by atoms with Crippen molar-refractivity contribution in [1.29, 1.82) is 0 Å². The average molecular weight is 274 g/mol. The van der Waals surface area contributed by atoms with Crippen LogP contribution in [0.25, 0.3) is 0 Å². The first-order chi connectivity index (χ1) is 9.15. The number of hydrogen-bond donors (Lipinski definition) is 1. The number of hydrogen-bond acceptors (Lipinski definition) is 3. The molecule has 0 radical (unpaired) electrons. The highest BCUT2D eigenvalue weighted by Crippen LogP contribution is 2.19. The number of thiazole rings is 1. The minimum Gasteiger partial charge on any atom is -0.306 e. The summed E-state index contributed by atoms with van der Waals surface area (Å²) in [4.78, 5) is 5.72. The van der Waals surface area contributed by atoms with E-state index in [9.17, 15) is 0 Å². The van der Waals surface area contributed by atoms with Gasteiger partial charge in [0.15, 0.2) is 0 Å². The van der Waals surface area contributed by atoms with Crippen LogP contribution in [0.2, 0.25) is 0 Å². The maximum absolute atomic E-state index is 4.44. The summed E-state index contributed by atoms with van der Waals surface area (Å²) in [6.45, 7) is 6.55. The van der Waals surface area contributed by atoms with Crippen LogP contribution in [0.4, 0.5) is 0 Å². The van der Waals surface area contributed by atoms with Crippen LogP contribution in [0.1, 0.15) is 41.8 Å². The van der Waals surface area contributed by atoms with E-state index in [-0.39, 0.29) is 0 Å². The lowest BCUT2D eigenvalue weighted by Crippen LogP contribution is -2.29. The number of nitrogens with one attached hydrogen (secondary N) is 1. The number of aromatic nitrogens is 1. The molecule has 2 aromatic rings. The van der Waals surface area contributed by atoms with E-state index >= 15 is 0 Å². The molecule has 2 rings (SSSR count). The summed E-state index contributed by atoms with van der Waals surface area (Å²) in [6.07, 6.45) is 4.23. The molecule has 0 aliphatic heterocycles. The van der Waals surface area contributed by atoms with Crippen molar-refractivity contribution in [2.45, 2.75) is 45.7 Å². The van der Waals surface area contributed by atoms with Gasteiger partial charge in [-0.25, -0.2) is 4.98 Å². The fraction of sp³-hybridized carbons (Fsp3) is 0.438. The normalized spacial score (nSPS) is 14.3. The van der Waals surface area contributed by atoms with Crippen LogP contribution in [0.15, 0.2) is 36.5 Å². The second-order valence-corrected chi connectivity index (χ2v) is 6.39. The van der Waals surface area contributed by atoms with Crippen LogP contribution in [0, 0.1) is 6.92 Å². The first kappa shape index (κ1) is 14.2. The third-order valence-corrected chi connectivity index (χ3v) is 4.35. The molecule has 0 saturated carbocycles. The maximum atomic E-state index is 4.44. The zero-order valence-corrected chi connectivity index (χ0v) is 12.7. The second-order valence-electron chi connectivity index (χ2n) is 5.12. The SMILES string of the molecule is Cc1cnc(C(C)NC(C)CCc2ccccc2)s1. The highest BCUT2D eigenvalue weighted by molar-refractivity contribution is 7.11. The highest BCUT2D eigenvalue weighted by Gasteiger charge is 2.12. The summed E-state index contributed by atoms with van der Waals surface area (Å²) in [7, 11) is 0. The van der Waals surface area contributed by atoms with Crippen LogP contribution in [0.5, 0.6) is 0 Å². The Bertz CT molecular complexity index is 492. The zero-order valence-electron chi connectivity index (χ0n) is 11.9. The van der Waals surface area contributed by atoms with Gasteiger partial charge in [0.25, 0.3) is 0 Å². The quantitative estimate of drug-likeness (QED) is 0.857. The van der Waals surface area contributed by atoms with E-state index in [0.717, 1.165) is 12.8 Å². The first-order valence-corrected chi connectivity index (χ1v) is 7.69. The molecule has 2 nitrogen and oxygen atoms in total. The van der Waals surface area contributed by atoms with Gasteiger partial charge in [-0.15, -0.1) is 11.3 Å². The standard InChI is InChI=1S/C16H22N2S/c1-12(9-10-15-7-5-4-6-8-15)18-14(3)16-17-11-13(2)19-16/h4-8,11-12,14,18H,9-10H2,1-3H3. The van der Waals surface area contributed by atoms with Crippen molar-refractivity contribution < 1.29 is 0 Å². The zero-order chi connectivity index (χ0) is 13.7.